The molecule has 1 fully saturated rings. The fourth-order valence-electron chi connectivity index (χ4n) is 3.95. The molecule has 3 rings (SSSR count). The molecule has 0 aliphatic carbocycles. The molecule has 1 amide bonds. The first-order valence-corrected chi connectivity index (χ1v) is 11.6. The Bertz CT molecular complexity index is 888. The Morgan fingerprint density at radius 1 is 1.03 bits per heavy atom. The van der Waals surface area contributed by atoms with Gasteiger partial charge in [0.2, 0.25) is 5.91 Å². The zero-order valence-electron chi connectivity index (χ0n) is 19.0. The van der Waals surface area contributed by atoms with Crippen molar-refractivity contribution in [1.29, 1.82) is 10.8 Å². The lowest BCUT2D eigenvalue weighted by Crippen LogP contribution is -2.46. The van der Waals surface area contributed by atoms with Gasteiger partial charge in [0.25, 0.3) is 0 Å². The van der Waals surface area contributed by atoms with E-state index < -0.39 is 0 Å². The van der Waals surface area contributed by atoms with Crippen molar-refractivity contribution in [3.05, 3.63) is 71.3 Å². The number of benzene rings is 2. The van der Waals surface area contributed by atoms with Gasteiger partial charge in [0.05, 0.1) is 19.0 Å². The topological polar surface area (TPSA) is 92.1 Å². The van der Waals surface area contributed by atoms with E-state index in [2.05, 4.69) is 54.0 Å². The fraction of sp³-hybridized carbons (Fsp3) is 0.423. The van der Waals surface area contributed by atoms with Gasteiger partial charge in [0.15, 0.2) is 0 Å². The van der Waals surface area contributed by atoms with E-state index in [4.69, 9.17) is 10.8 Å². The predicted octanol–water partition coefficient (Wildman–Crippen LogP) is 3.75. The van der Waals surface area contributed by atoms with Crippen LogP contribution in [0.4, 0.5) is 0 Å². The van der Waals surface area contributed by atoms with Gasteiger partial charge in [-0.15, -0.1) is 0 Å². The van der Waals surface area contributed by atoms with Gasteiger partial charge in [-0.25, -0.2) is 0 Å². The second kappa shape index (κ2) is 12.2. The summed E-state index contributed by atoms with van der Waals surface area (Å²) < 4.78 is 0. The van der Waals surface area contributed by atoms with Crippen LogP contribution in [0, 0.1) is 16.7 Å². The first-order chi connectivity index (χ1) is 15.6. The molecule has 1 aliphatic rings. The maximum atomic E-state index is 12.5. The highest BCUT2D eigenvalue weighted by Crippen LogP contribution is 2.13. The Kier molecular flexibility index (Phi) is 8.99. The molecule has 6 heteroatoms. The number of nitrogens with one attached hydrogen (secondary N) is 4. The number of hydrogen-bond donors (Lipinski definition) is 4. The van der Waals surface area contributed by atoms with E-state index in [0.29, 0.717) is 25.3 Å². The number of amidine groups is 2. The minimum Gasteiger partial charge on any atom is -0.349 e. The van der Waals surface area contributed by atoms with Crippen molar-refractivity contribution in [3.8, 4) is 0 Å². The number of aryl methyl sites for hydroxylation is 2. The summed E-state index contributed by atoms with van der Waals surface area (Å²) in [5.41, 5.74) is 3.50. The van der Waals surface area contributed by atoms with E-state index >= 15 is 0 Å². The number of amides is 1. The summed E-state index contributed by atoms with van der Waals surface area (Å²) in [6, 6.07) is 18.4. The average molecular weight is 434 g/mol. The van der Waals surface area contributed by atoms with E-state index in [-0.39, 0.29) is 24.2 Å². The number of hydrogen-bond acceptors (Lipinski definition) is 4. The summed E-state index contributed by atoms with van der Waals surface area (Å²) in [4.78, 5) is 14.2. The molecule has 32 heavy (non-hydrogen) atoms. The Balaban J connectivity index is 1.64. The van der Waals surface area contributed by atoms with Gasteiger partial charge in [0, 0.05) is 13.0 Å². The van der Waals surface area contributed by atoms with E-state index in [0.717, 1.165) is 37.8 Å². The third-order valence-electron chi connectivity index (χ3n) is 6.01. The Hall–Kier alpha value is -2.99. The Morgan fingerprint density at radius 3 is 2.41 bits per heavy atom. The highest BCUT2D eigenvalue weighted by Gasteiger charge is 2.22. The second-order valence-corrected chi connectivity index (χ2v) is 8.40. The summed E-state index contributed by atoms with van der Waals surface area (Å²) in [5.74, 6) is 0.598. The van der Waals surface area contributed by atoms with Crippen molar-refractivity contribution in [3.63, 3.8) is 0 Å². The van der Waals surface area contributed by atoms with Crippen molar-refractivity contribution in [2.75, 3.05) is 19.6 Å². The number of rotatable bonds is 9. The molecule has 0 bridgehead atoms. The van der Waals surface area contributed by atoms with Crippen LogP contribution in [-0.4, -0.2) is 42.1 Å². The molecule has 2 aromatic rings. The van der Waals surface area contributed by atoms with Crippen LogP contribution in [-0.2, 0) is 24.2 Å². The number of nitrogens with zero attached hydrogens (tertiary/aromatic N) is 1. The monoisotopic (exact) mass is 433 g/mol. The number of carbonyl (C=O) groups is 1. The van der Waals surface area contributed by atoms with Crippen molar-refractivity contribution in [2.45, 2.75) is 45.6 Å². The molecule has 0 spiro atoms. The van der Waals surface area contributed by atoms with Crippen molar-refractivity contribution >= 4 is 17.6 Å². The summed E-state index contributed by atoms with van der Waals surface area (Å²) >= 11 is 0. The first-order valence-electron chi connectivity index (χ1n) is 11.6. The van der Waals surface area contributed by atoms with E-state index in [1.165, 1.54) is 11.1 Å². The molecule has 0 saturated carbocycles. The molecule has 1 atom stereocenters. The highest BCUT2D eigenvalue weighted by atomic mass is 16.1. The molecule has 1 heterocycles. The fourth-order valence-corrected chi connectivity index (χ4v) is 3.95. The quantitative estimate of drug-likeness (QED) is 0.358. The SMILES string of the molecule is CCc1ccc(CN(C(=N)CCc2ccccc2)C(=N)CNC(=O)C2CCCNC2)cc1. The van der Waals surface area contributed by atoms with E-state index in [9.17, 15) is 4.79 Å². The van der Waals surface area contributed by atoms with Crippen molar-refractivity contribution < 1.29 is 4.79 Å². The van der Waals surface area contributed by atoms with Gasteiger partial charge in [0.1, 0.15) is 11.7 Å². The van der Waals surface area contributed by atoms with Crippen LogP contribution >= 0.6 is 0 Å². The van der Waals surface area contributed by atoms with Crippen LogP contribution in [0.2, 0.25) is 0 Å². The molecule has 170 valence electrons. The lowest BCUT2D eigenvalue weighted by molar-refractivity contribution is -0.125. The number of piperidine rings is 1. The lowest BCUT2D eigenvalue weighted by atomic mass is 9.99. The average Bonchev–Trinajstić information content (AvgIpc) is 2.85. The molecule has 2 aromatic carbocycles. The molecule has 1 saturated heterocycles. The molecular weight excluding hydrogens is 398 g/mol. The van der Waals surface area contributed by atoms with Crippen LogP contribution < -0.4 is 10.6 Å². The van der Waals surface area contributed by atoms with Gasteiger partial charge in [-0.05, 0) is 48.9 Å². The Morgan fingerprint density at radius 2 is 1.75 bits per heavy atom. The second-order valence-electron chi connectivity index (χ2n) is 8.40. The summed E-state index contributed by atoms with van der Waals surface area (Å²) in [6.07, 6.45) is 4.15. The summed E-state index contributed by atoms with van der Waals surface area (Å²) in [6.45, 7) is 4.37. The molecular formula is C26H35N5O. The molecule has 0 aromatic heterocycles. The van der Waals surface area contributed by atoms with Crippen LogP contribution in [0.25, 0.3) is 0 Å². The first kappa shape index (κ1) is 23.7. The van der Waals surface area contributed by atoms with Crippen LogP contribution in [0.5, 0.6) is 0 Å². The zero-order chi connectivity index (χ0) is 22.8. The lowest BCUT2D eigenvalue weighted by Gasteiger charge is -2.27. The largest absolute Gasteiger partial charge is 0.349 e. The van der Waals surface area contributed by atoms with Gasteiger partial charge in [-0.2, -0.15) is 0 Å². The molecule has 1 aliphatic heterocycles. The third-order valence-corrected chi connectivity index (χ3v) is 6.01. The maximum absolute atomic E-state index is 12.5. The van der Waals surface area contributed by atoms with Gasteiger partial charge < -0.3 is 15.5 Å². The van der Waals surface area contributed by atoms with E-state index in [1.807, 2.05) is 18.2 Å². The van der Waals surface area contributed by atoms with Crippen LogP contribution in [0.15, 0.2) is 54.6 Å². The summed E-state index contributed by atoms with van der Waals surface area (Å²) in [7, 11) is 0. The standard InChI is InChI=1S/C26H35N5O/c1-2-20-10-12-22(13-11-20)19-31(24(27)15-14-21-7-4-3-5-8-21)25(28)18-30-26(32)23-9-6-16-29-17-23/h3-5,7-8,10-13,23,27-29H,2,6,9,14-19H2,1H3,(H,30,32). The minimum atomic E-state index is -0.0379. The van der Waals surface area contributed by atoms with Gasteiger partial charge >= 0.3 is 0 Å². The number of carbonyl (C=O) groups excluding carboxylic acids is 1. The Labute approximate surface area is 191 Å². The van der Waals surface area contributed by atoms with Crippen molar-refractivity contribution in [1.82, 2.24) is 15.5 Å². The van der Waals surface area contributed by atoms with E-state index in [1.54, 1.807) is 4.90 Å². The summed E-state index contributed by atoms with van der Waals surface area (Å²) in [5, 5.41) is 23.5. The normalized spacial score (nSPS) is 15.7. The van der Waals surface area contributed by atoms with Crippen LogP contribution in [0.3, 0.4) is 0 Å². The maximum Gasteiger partial charge on any atom is 0.224 e. The van der Waals surface area contributed by atoms with Gasteiger partial charge in [-0.1, -0.05) is 61.5 Å². The molecule has 1 unspecified atom stereocenters. The molecule has 4 N–H and O–H groups in total. The predicted molar refractivity (Wildman–Crippen MR) is 130 cm³/mol. The minimum absolute atomic E-state index is 0.00925. The molecule has 0 radical (unpaired) electrons. The van der Waals surface area contributed by atoms with Crippen LogP contribution in [0.1, 0.15) is 42.9 Å². The zero-order valence-corrected chi connectivity index (χ0v) is 19.0. The van der Waals surface area contributed by atoms with Crippen molar-refractivity contribution in [2.24, 2.45) is 5.92 Å². The highest BCUT2D eigenvalue weighted by molar-refractivity contribution is 6.00. The smallest absolute Gasteiger partial charge is 0.224 e. The molecule has 6 nitrogen and oxygen atoms in total. The van der Waals surface area contributed by atoms with Gasteiger partial charge in [-0.3, -0.25) is 15.6 Å². The third kappa shape index (κ3) is 7.02.